The van der Waals surface area contributed by atoms with Crippen LogP contribution >= 0.6 is 0 Å². The zero-order valence-electron chi connectivity index (χ0n) is 7.27. The average Bonchev–Trinajstić information content (AvgIpc) is 1.85. The van der Waals surface area contributed by atoms with E-state index in [2.05, 4.69) is 19.9 Å². The molecule has 59 valence electrons. The summed E-state index contributed by atoms with van der Waals surface area (Å²) in [5.74, 6) is 0.899. The van der Waals surface area contributed by atoms with Crippen molar-refractivity contribution in [3.05, 3.63) is 35.7 Å². The van der Waals surface area contributed by atoms with Crippen LogP contribution in [0.1, 0.15) is 16.7 Å². The van der Waals surface area contributed by atoms with Crippen molar-refractivity contribution in [3.8, 4) is 5.75 Å². The predicted molar refractivity (Wildman–Crippen MR) is 46.9 cm³/mol. The molecule has 0 saturated carbocycles. The van der Waals surface area contributed by atoms with E-state index in [-0.39, 0.29) is 0 Å². The van der Waals surface area contributed by atoms with E-state index in [0.717, 1.165) is 16.9 Å². The van der Waals surface area contributed by atoms with Crippen molar-refractivity contribution in [3.63, 3.8) is 0 Å². The van der Waals surface area contributed by atoms with Gasteiger partial charge in [0.15, 0.2) is 0 Å². The average molecular weight is 149 g/mol. The SMILES string of the molecule is [CH2]c1cc(C)cc(C)c1OC. The lowest BCUT2D eigenvalue weighted by Gasteiger charge is -2.08. The summed E-state index contributed by atoms with van der Waals surface area (Å²) in [5, 5.41) is 0. The fraction of sp³-hybridized carbons (Fsp3) is 0.300. The number of hydrogen-bond acceptors (Lipinski definition) is 1. The van der Waals surface area contributed by atoms with Crippen molar-refractivity contribution in [2.45, 2.75) is 13.8 Å². The van der Waals surface area contributed by atoms with Crippen molar-refractivity contribution in [2.75, 3.05) is 7.11 Å². The number of methoxy groups -OCH3 is 1. The first kappa shape index (κ1) is 8.12. The van der Waals surface area contributed by atoms with Crippen LogP contribution in [0, 0.1) is 20.8 Å². The van der Waals surface area contributed by atoms with Crippen molar-refractivity contribution in [1.29, 1.82) is 0 Å². The lowest BCUT2D eigenvalue weighted by molar-refractivity contribution is 0.410. The van der Waals surface area contributed by atoms with Gasteiger partial charge in [0.1, 0.15) is 5.75 Å². The Morgan fingerprint density at radius 2 is 1.91 bits per heavy atom. The second-order valence-electron chi connectivity index (χ2n) is 2.77. The Balaban J connectivity index is 3.25. The topological polar surface area (TPSA) is 9.23 Å². The van der Waals surface area contributed by atoms with E-state index < -0.39 is 0 Å². The van der Waals surface area contributed by atoms with Crippen LogP contribution in [0.5, 0.6) is 5.75 Å². The molecule has 1 heteroatoms. The Hall–Kier alpha value is -0.980. The number of benzene rings is 1. The maximum Gasteiger partial charge on any atom is 0.124 e. The summed E-state index contributed by atoms with van der Waals surface area (Å²) < 4.78 is 5.17. The predicted octanol–water partition coefficient (Wildman–Crippen LogP) is 2.49. The summed E-state index contributed by atoms with van der Waals surface area (Å²) in [4.78, 5) is 0. The molecule has 1 rings (SSSR count). The van der Waals surface area contributed by atoms with Gasteiger partial charge in [-0.15, -0.1) is 0 Å². The highest BCUT2D eigenvalue weighted by Gasteiger charge is 2.01. The Labute approximate surface area is 68.0 Å². The molecule has 0 heterocycles. The molecule has 11 heavy (non-hydrogen) atoms. The van der Waals surface area contributed by atoms with Gasteiger partial charge in [-0.2, -0.15) is 0 Å². The summed E-state index contributed by atoms with van der Waals surface area (Å²) >= 11 is 0. The number of rotatable bonds is 1. The van der Waals surface area contributed by atoms with Gasteiger partial charge < -0.3 is 4.74 Å². The normalized spacial score (nSPS) is 9.82. The molecule has 0 atom stereocenters. The molecule has 1 aromatic carbocycles. The maximum atomic E-state index is 5.17. The molecule has 0 aliphatic rings. The Kier molecular flexibility index (Phi) is 2.18. The van der Waals surface area contributed by atoms with Crippen molar-refractivity contribution in [2.24, 2.45) is 0 Å². The molecule has 0 fully saturated rings. The highest BCUT2D eigenvalue weighted by atomic mass is 16.5. The van der Waals surface area contributed by atoms with E-state index >= 15 is 0 Å². The second-order valence-corrected chi connectivity index (χ2v) is 2.77. The molecule has 0 aliphatic carbocycles. The van der Waals surface area contributed by atoms with Gasteiger partial charge in [-0.05, 0) is 31.9 Å². The zero-order valence-corrected chi connectivity index (χ0v) is 7.27. The smallest absolute Gasteiger partial charge is 0.124 e. The molecule has 0 spiro atoms. The zero-order chi connectivity index (χ0) is 8.43. The van der Waals surface area contributed by atoms with Crippen LogP contribution in [-0.4, -0.2) is 7.11 Å². The molecule has 0 saturated heterocycles. The van der Waals surface area contributed by atoms with Gasteiger partial charge in [0, 0.05) is 0 Å². The molecule has 0 aliphatic heterocycles. The number of aryl methyl sites for hydroxylation is 2. The van der Waals surface area contributed by atoms with E-state index in [9.17, 15) is 0 Å². The third-order valence-electron chi connectivity index (χ3n) is 1.70. The molecule has 1 radical (unpaired) electrons. The van der Waals surface area contributed by atoms with Crippen molar-refractivity contribution < 1.29 is 4.74 Å². The molecule has 0 unspecified atom stereocenters. The molecular weight excluding hydrogens is 136 g/mol. The fourth-order valence-corrected chi connectivity index (χ4v) is 1.33. The fourth-order valence-electron chi connectivity index (χ4n) is 1.33. The van der Waals surface area contributed by atoms with Gasteiger partial charge in [-0.3, -0.25) is 0 Å². The van der Waals surface area contributed by atoms with Crippen LogP contribution in [0.4, 0.5) is 0 Å². The Bertz CT molecular complexity index is 241. The summed E-state index contributed by atoms with van der Waals surface area (Å²) in [5.41, 5.74) is 3.34. The highest BCUT2D eigenvalue weighted by Crippen LogP contribution is 2.23. The lowest BCUT2D eigenvalue weighted by Crippen LogP contribution is -1.91. The van der Waals surface area contributed by atoms with Crippen molar-refractivity contribution in [1.82, 2.24) is 0 Å². The van der Waals surface area contributed by atoms with Gasteiger partial charge in [-0.1, -0.05) is 17.7 Å². The highest BCUT2D eigenvalue weighted by molar-refractivity contribution is 5.45. The molecule has 0 N–H and O–H groups in total. The van der Waals surface area contributed by atoms with Crippen LogP contribution in [0.25, 0.3) is 0 Å². The van der Waals surface area contributed by atoms with Crippen molar-refractivity contribution >= 4 is 0 Å². The first-order valence-corrected chi connectivity index (χ1v) is 3.62. The first-order chi connectivity index (χ1) is 5.15. The number of ether oxygens (including phenoxy) is 1. The molecule has 1 nitrogen and oxygen atoms in total. The third kappa shape index (κ3) is 1.53. The van der Waals surface area contributed by atoms with Crippen LogP contribution in [0.15, 0.2) is 12.1 Å². The van der Waals surface area contributed by atoms with E-state index in [1.54, 1.807) is 7.11 Å². The minimum Gasteiger partial charge on any atom is -0.496 e. The summed E-state index contributed by atoms with van der Waals surface area (Å²) in [7, 11) is 1.67. The largest absolute Gasteiger partial charge is 0.496 e. The van der Waals surface area contributed by atoms with Gasteiger partial charge in [-0.25, -0.2) is 0 Å². The van der Waals surface area contributed by atoms with Gasteiger partial charge >= 0.3 is 0 Å². The van der Waals surface area contributed by atoms with E-state index in [4.69, 9.17) is 4.74 Å². The van der Waals surface area contributed by atoms with Gasteiger partial charge in [0.2, 0.25) is 0 Å². The lowest BCUT2D eigenvalue weighted by atomic mass is 10.1. The van der Waals surface area contributed by atoms with Gasteiger partial charge in [0.05, 0.1) is 7.11 Å². The summed E-state index contributed by atoms with van der Waals surface area (Å²) in [6.07, 6.45) is 0. The second kappa shape index (κ2) is 2.95. The maximum absolute atomic E-state index is 5.17. The standard InChI is InChI=1S/C10H13O/c1-7-5-8(2)10(11-4)9(3)6-7/h5-6H,2H2,1,3-4H3. The van der Waals surface area contributed by atoms with Crippen LogP contribution < -0.4 is 4.74 Å². The first-order valence-electron chi connectivity index (χ1n) is 3.62. The minimum atomic E-state index is 0.899. The molecule has 0 bridgehead atoms. The quantitative estimate of drug-likeness (QED) is 0.596. The number of hydrogen-bond donors (Lipinski definition) is 0. The molecular formula is C10H13O. The Morgan fingerprint density at radius 1 is 1.27 bits per heavy atom. The molecule has 1 aromatic rings. The van der Waals surface area contributed by atoms with Gasteiger partial charge in [0.25, 0.3) is 0 Å². The summed E-state index contributed by atoms with van der Waals surface area (Å²) in [6.45, 7) is 7.97. The van der Waals surface area contributed by atoms with Crippen LogP contribution in [-0.2, 0) is 0 Å². The van der Waals surface area contributed by atoms with Crippen LogP contribution in [0.2, 0.25) is 0 Å². The summed E-state index contributed by atoms with van der Waals surface area (Å²) in [6, 6.07) is 4.11. The van der Waals surface area contributed by atoms with E-state index in [1.807, 2.05) is 13.0 Å². The molecule has 0 aromatic heterocycles. The monoisotopic (exact) mass is 149 g/mol. The Morgan fingerprint density at radius 3 is 2.36 bits per heavy atom. The van der Waals surface area contributed by atoms with E-state index in [1.165, 1.54) is 5.56 Å². The molecule has 0 amide bonds. The third-order valence-corrected chi connectivity index (χ3v) is 1.70. The van der Waals surface area contributed by atoms with Crippen LogP contribution in [0.3, 0.4) is 0 Å². The van der Waals surface area contributed by atoms with E-state index in [0.29, 0.717) is 0 Å². The minimum absolute atomic E-state index is 0.899.